The molecule has 0 aromatic carbocycles. The summed E-state index contributed by atoms with van der Waals surface area (Å²) < 4.78 is 84.9. The minimum Gasteiger partial charge on any atom is -0.743 e. The molecule has 0 aliphatic heterocycles. The molecule has 19 heavy (non-hydrogen) atoms. The quantitative estimate of drug-likeness (QED) is 0.191. The van der Waals surface area contributed by atoms with E-state index < -0.39 is 40.3 Å². The molecule has 0 aromatic rings. The molecule has 0 aliphatic carbocycles. The Balaban J connectivity index is 0. The van der Waals surface area contributed by atoms with Crippen LogP contribution in [0.3, 0.4) is 0 Å². The SMILES string of the molecule is C=C(C)C(=O)OCCC(F)(F)C(F)(F)S(=O)(=O)[O-].[Na+]. The number of carbonyl (C=O) groups excluding carboxylic acids is 1. The number of ether oxygens (including phenoxy) is 1. The Morgan fingerprint density at radius 3 is 2.05 bits per heavy atom. The van der Waals surface area contributed by atoms with Gasteiger partial charge in [0.25, 0.3) is 0 Å². The molecule has 0 spiro atoms. The fourth-order valence-electron chi connectivity index (χ4n) is 0.724. The molecule has 0 aromatic heterocycles. The van der Waals surface area contributed by atoms with Crippen molar-refractivity contribution in [1.82, 2.24) is 0 Å². The van der Waals surface area contributed by atoms with Crippen molar-refractivity contribution in [1.29, 1.82) is 0 Å². The summed E-state index contributed by atoms with van der Waals surface area (Å²) in [7, 11) is -6.52. The zero-order chi connectivity index (χ0) is 14.8. The third-order valence-electron chi connectivity index (χ3n) is 1.74. The molecule has 0 N–H and O–H groups in total. The Hall–Kier alpha value is -0.160. The van der Waals surface area contributed by atoms with Crippen LogP contribution < -0.4 is 29.6 Å². The minimum absolute atomic E-state index is 0. The van der Waals surface area contributed by atoms with Gasteiger partial charge in [-0.2, -0.15) is 17.6 Å². The first-order valence-electron chi connectivity index (χ1n) is 4.36. The summed E-state index contributed by atoms with van der Waals surface area (Å²) in [6.07, 6.45) is -1.81. The van der Waals surface area contributed by atoms with Gasteiger partial charge in [-0.15, -0.1) is 0 Å². The van der Waals surface area contributed by atoms with E-state index in [1.165, 1.54) is 6.92 Å². The van der Waals surface area contributed by atoms with Crippen molar-refractivity contribution in [2.45, 2.75) is 24.5 Å². The van der Waals surface area contributed by atoms with E-state index in [4.69, 9.17) is 0 Å². The van der Waals surface area contributed by atoms with Gasteiger partial charge in [-0.05, 0) is 6.92 Å². The molecule has 0 atom stereocenters. The number of esters is 1. The first-order valence-corrected chi connectivity index (χ1v) is 5.77. The largest absolute Gasteiger partial charge is 1.00 e. The van der Waals surface area contributed by atoms with E-state index in [0.29, 0.717) is 0 Å². The number of halogens is 4. The standard InChI is InChI=1S/C8H10F4O5S.Na/c1-5(2)6(13)17-4-3-7(9,10)8(11,12)18(14,15)16;/h1,3-4H2,2H3,(H,14,15,16);/q;+1/p-1. The van der Waals surface area contributed by atoms with Crippen LogP contribution in [0.2, 0.25) is 0 Å². The second kappa shape index (κ2) is 7.02. The van der Waals surface area contributed by atoms with E-state index in [-0.39, 0.29) is 35.1 Å². The molecule has 0 saturated carbocycles. The first kappa shape index (κ1) is 21.1. The van der Waals surface area contributed by atoms with Crippen LogP contribution in [0.1, 0.15) is 13.3 Å². The van der Waals surface area contributed by atoms with Gasteiger partial charge < -0.3 is 9.29 Å². The maximum Gasteiger partial charge on any atom is 1.00 e. The number of alkyl halides is 4. The average Bonchev–Trinajstić information content (AvgIpc) is 2.14. The third-order valence-corrected chi connectivity index (χ3v) is 2.66. The van der Waals surface area contributed by atoms with Gasteiger partial charge in [-0.3, -0.25) is 0 Å². The Morgan fingerprint density at radius 1 is 1.32 bits per heavy atom. The van der Waals surface area contributed by atoms with Crippen LogP contribution in [0.25, 0.3) is 0 Å². The summed E-state index contributed by atoms with van der Waals surface area (Å²) >= 11 is 0. The summed E-state index contributed by atoms with van der Waals surface area (Å²) in [6, 6.07) is 0. The van der Waals surface area contributed by atoms with Crippen LogP contribution in [0.4, 0.5) is 17.6 Å². The van der Waals surface area contributed by atoms with Crippen molar-refractivity contribution in [3.05, 3.63) is 12.2 Å². The smallest absolute Gasteiger partial charge is 0.743 e. The molecule has 0 saturated heterocycles. The Morgan fingerprint density at radius 2 is 1.74 bits per heavy atom. The molecule has 11 heteroatoms. The minimum atomic E-state index is -6.52. The Bertz CT molecular complexity index is 448. The molecule has 0 fully saturated rings. The maximum atomic E-state index is 12.8. The Kier molecular flexibility index (Phi) is 7.82. The zero-order valence-electron chi connectivity index (χ0n) is 10.1. The summed E-state index contributed by atoms with van der Waals surface area (Å²) in [4.78, 5) is 10.7. The van der Waals surface area contributed by atoms with Crippen molar-refractivity contribution in [2.24, 2.45) is 0 Å². The molecule has 5 nitrogen and oxygen atoms in total. The predicted octanol–water partition coefficient (Wildman–Crippen LogP) is -1.73. The van der Waals surface area contributed by atoms with Crippen LogP contribution >= 0.6 is 0 Å². The fourth-order valence-corrected chi connectivity index (χ4v) is 1.19. The van der Waals surface area contributed by atoms with E-state index in [0.717, 1.165) is 0 Å². The predicted molar refractivity (Wildman–Crippen MR) is 50.0 cm³/mol. The molecule has 0 heterocycles. The van der Waals surface area contributed by atoms with Gasteiger partial charge in [0.05, 0.1) is 13.0 Å². The second-order valence-corrected chi connectivity index (χ2v) is 4.76. The van der Waals surface area contributed by atoms with Crippen molar-refractivity contribution in [2.75, 3.05) is 6.61 Å². The summed E-state index contributed by atoms with van der Waals surface area (Å²) in [6.45, 7) is 3.12. The summed E-state index contributed by atoms with van der Waals surface area (Å²) in [5, 5.41) is -5.77. The van der Waals surface area contributed by atoms with Crippen molar-refractivity contribution in [3.8, 4) is 0 Å². The van der Waals surface area contributed by atoms with E-state index in [1.54, 1.807) is 0 Å². The fraction of sp³-hybridized carbons (Fsp3) is 0.625. The van der Waals surface area contributed by atoms with Gasteiger partial charge in [0, 0.05) is 5.57 Å². The second-order valence-electron chi connectivity index (χ2n) is 3.34. The number of carbonyl (C=O) groups is 1. The average molecular weight is 316 g/mol. The van der Waals surface area contributed by atoms with E-state index in [2.05, 4.69) is 11.3 Å². The molecule has 106 valence electrons. The van der Waals surface area contributed by atoms with Gasteiger partial charge in [-0.1, -0.05) is 6.58 Å². The third kappa shape index (κ3) is 5.38. The van der Waals surface area contributed by atoms with Gasteiger partial charge >= 0.3 is 46.7 Å². The van der Waals surface area contributed by atoms with Gasteiger partial charge in [0.15, 0.2) is 10.1 Å². The van der Waals surface area contributed by atoms with Gasteiger partial charge in [0.1, 0.15) is 0 Å². The van der Waals surface area contributed by atoms with Crippen molar-refractivity contribution >= 4 is 16.1 Å². The van der Waals surface area contributed by atoms with E-state index in [1.807, 2.05) is 0 Å². The summed E-state index contributed by atoms with van der Waals surface area (Å²) in [5.74, 6) is -6.23. The molecular weight excluding hydrogens is 307 g/mol. The Labute approximate surface area is 129 Å². The molecule has 0 amide bonds. The van der Waals surface area contributed by atoms with Crippen LogP contribution in [0.15, 0.2) is 12.2 Å². The molecule has 0 unspecified atom stereocenters. The van der Waals surface area contributed by atoms with Crippen molar-refractivity contribution < 1.29 is 69.6 Å². The van der Waals surface area contributed by atoms with E-state index >= 15 is 0 Å². The number of hydrogen-bond donors (Lipinski definition) is 0. The topological polar surface area (TPSA) is 83.5 Å². The van der Waals surface area contributed by atoms with Crippen LogP contribution in [0.5, 0.6) is 0 Å². The molecule has 0 rings (SSSR count). The summed E-state index contributed by atoms with van der Waals surface area (Å²) in [5.41, 5.74) is -0.151. The molecule has 0 bridgehead atoms. The van der Waals surface area contributed by atoms with Gasteiger partial charge in [-0.25, -0.2) is 13.2 Å². The molecule has 0 radical (unpaired) electrons. The van der Waals surface area contributed by atoms with Crippen LogP contribution in [-0.2, 0) is 19.6 Å². The van der Waals surface area contributed by atoms with Crippen molar-refractivity contribution in [3.63, 3.8) is 0 Å². The number of rotatable bonds is 6. The zero-order valence-corrected chi connectivity index (χ0v) is 12.9. The normalized spacial score (nSPS) is 12.5. The molecule has 0 aliphatic rings. The molecular formula is C8H9F4NaO5S. The number of hydrogen-bond acceptors (Lipinski definition) is 5. The first-order chi connectivity index (χ1) is 7.83. The van der Waals surface area contributed by atoms with E-state index in [9.17, 15) is 35.3 Å². The maximum absolute atomic E-state index is 12.8. The van der Waals surface area contributed by atoms with Gasteiger partial charge in [0.2, 0.25) is 0 Å². The van der Waals surface area contributed by atoms with Crippen LogP contribution in [0, 0.1) is 0 Å². The van der Waals surface area contributed by atoms with Crippen LogP contribution in [-0.4, -0.2) is 36.7 Å². The monoisotopic (exact) mass is 316 g/mol.